The Hall–Kier alpha value is -1.14. The van der Waals surface area contributed by atoms with Gasteiger partial charge in [0.2, 0.25) is 5.91 Å². The van der Waals surface area contributed by atoms with E-state index in [0.29, 0.717) is 22.7 Å². The summed E-state index contributed by atoms with van der Waals surface area (Å²) >= 11 is 0.607. The molecular formula is C18H24F2N2OS. The van der Waals surface area contributed by atoms with Crippen LogP contribution in [0, 0.1) is 5.92 Å². The number of benzene rings is 1. The maximum atomic E-state index is 12.6. The summed E-state index contributed by atoms with van der Waals surface area (Å²) in [6.07, 6.45) is 6.83. The number of amides is 1. The molecule has 1 amide bonds. The van der Waals surface area contributed by atoms with Crippen LogP contribution in [0.3, 0.4) is 0 Å². The van der Waals surface area contributed by atoms with Gasteiger partial charge < -0.3 is 11.1 Å². The molecule has 2 aliphatic carbocycles. The third-order valence-corrected chi connectivity index (χ3v) is 5.87. The molecule has 0 bridgehead atoms. The van der Waals surface area contributed by atoms with Crippen molar-refractivity contribution in [2.24, 2.45) is 11.7 Å². The third-order valence-electron chi connectivity index (χ3n) is 5.17. The number of thioether (sulfide) groups is 1. The van der Waals surface area contributed by atoms with E-state index in [9.17, 15) is 13.6 Å². The zero-order chi connectivity index (χ0) is 17.1. The number of halogens is 2. The quantitative estimate of drug-likeness (QED) is 0.786. The number of carbonyl (C=O) groups excluding carboxylic acids is 1. The Morgan fingerprint density at radius 3 is 2.83 bits per heavy atom. The zero-order valence-electron chi connectivity index (χ0n) is 13.6. The first kappa shape index (κ1) is 17.7. The summed E-state index contributed by atoms with van der Waals surface area (Å²) < 4.78 is 25.1. The molecule has 6 heteroatoms. The Balaban J connectivity index is 1.69. The Bertz CT molecular complexity index is 596. The predicted molar refractivity (Wildman–Crippen MR) is 92.1 cm³/mol. The lowest BCUT2D eigenvalue weighted by atomic mass is 9.82. The van der Waals surface area contributed by atoms with Gasteiger partial charge in [-0.25, -0.2) is 0 Å². The number of hydrogen-bond acceptors (Lipinski definition) is 3. The Kier molecular flexibility index (Phi) is 5.76. The lowest BCUT2D eigenvalue weighted by Gasteiger charge is -2.34. The smallest absolute Gasteiger partial charge is 0.288 e. The van der Waals surface area contributed by atoms with Gasteiger partial charge in [-0.1, -0.05) is 24.2 Å². The first-order chi connectivity index (χ1) is 11.5. The minimum Gasteiger partial charge on any atom is -0.369 e. The van der Waals surface area contributed by atoms with Crippen LogP contribution in [0.1, 0.15) is 55.7 Å². The molecule has 0 radical (unpaired) electrons. The van der Waals surface area contributed by atoms with Gasteiger partial charge in [0.15, 0.2) is 0 Å². The average molecular weight is 354 g/mol. The molecule has 1 fully saturated rings. The number of nitrogens with one attached hydrogen (secondary N) is 1. The van der Waals surface area contributed by atoms with Gasteiger partial charge >= 0.3 is 0 Å². The first-order valence-corrected chi connectivity index (χ1v) is 9.54. The maximum absolute atomic E-state index is 12.6. The fraction of sp³-hybridized carbons (Fsp3) is 0.611. The Morgan fingerprint density at radius 2 is 2.08 bits per heavy atom. The molecule has 0 aliphatic heterocycles. The maximum Gasteiger partial charge on any atom is 0.288 e. The summed E-state index contributed by atoms with van der Waals surface area (Å²) in [5.41, 5.74) is 7.86. The van der Waals surface area contributed by atoms with E-state index in [1.165, 1.54) is 11.1 Å². The first-order valence-electron chi connectivity index (χ1n) is 8.66. The molecule has 3 N–H and O–H groups in total. The molecule has 1 aromatic rings. The van der Waals surface area contributed by atoms with Crippen molar-refractivity contribution in [1.82, 2.24) is 5.32 Å². The number of hydrogen-bond donors (Lipinski definition) is 2. The molecule has 2 aliphatic rings. The van der Waals surface area contributed by atoms with Crippen LogP contribution in [0.5, 0.6) is 0 Å². The van der Waals surface area contributed by atoms with Crippen molar-refractivity contribution in [2.45, 2.75) is 67.7 Å². The summed E-state index contributed by atoms with van der Waals surface area (Å²) in [6, 6.07) is 6.25. The highest BCUT2D eigenvalue weighted by Crippen LogP contribution is 2.35. The van der Waals surface area contributed by atoms with Gasteiger partial charge in [0.1, 0.15) is 0 Å². The minimum atomic E-state index is -2.38. The normalized spacial score (nSPS) is 27.0. The van der Waals surface area contributed by atoms with Crippen LogP contribution in [-0.4, -0.2) is 17.7 Å². The van der Waals surface area contributed by atoms with Gasteiger partial charge in [-0.2, -0.15) is 8.78 Å². The molecule has 3 nitrogen and oxygen atoms in total. The van der Waals surface area contributed by atoms with Crippen LogP contribution >= 0.6 is 11.8 Å². The number of nitrogens with two attached hydrogens (primary N) is 1. The number of alkyl halides is 2. The van der Waals surface area contributed by atoms with E-state index in [1.54, 1.807) is 6.07 Å². The van der Waals surface area contributed by atoms with Crippen molar-refractivity contribution in [3.05, 3.63) is 29.3 Å². The van der Waals surface area contributed by atoms with Gasteiger partial charge in [-0.15, -0.1) is 0 Å². The van der Waals surface area contributed by atoms with E-state index in [4.69, 9.17) is 5.73 Å². The summed E-state index contributed by atoms with van der Waals surface area (Å²) in [5, 5.41) is 3.70. The van der Waals surface area contributed by atoms with Crippen LogP contribution in [0.4, 0.5) is 8.78 Å². The number of primary amides is 1. The largest absolute Gasteiger partial charge is 0.369 e. The van der Waals surface area contributed by atoms with E-state index in [-0.39, 0.29) is 17.9 Å². The van der Waals surface area contributed by atoms with Crippen molar-refractivity contribution in [3.63, 3.8) is 0 Å². The third kappa shape index (κ3) is 4.28. The Morgan fingerprint density at radius 1 is 1.25 bits per heavy atom. The highest BCUT2D eigenvalue weighted by Gasteiger charge is 2.29. The predicted octanol–water partition coefficient (Wildman–Crippen LogP) is 4.01. The molecule has 24 heavy (non-hydrogen) atoms. The summed E-state index contributed by atoms with van der Waals surface area (Å²) in [4.78, 5) is 12.1. The highest BCUT2D eigenvalue weighted by molar-refractivity contribution is 7.99. The Labute approximate surface area is 145 Å². The number of aryl methyl sites for hydroxylation is 1. The van der Waals surface area contributed by atoms with Crippen LogP contribution in [-0.2, 0) is 11.2 Å². The van der Waals surface area contributed by atoms with Crippen molar-refractivity contribution in [1.29, 1.82) is 0 Å². The van der Waals surface area contributed by atoms with E-state index >= 15 is 0 Å². The molecule has 0 unspecified atom stereocenters. The molecule has 0 spiro atoms. The van der Waals surface area contributed by atoms with Crippen LogP contribution in [0.2, 0.25) is 0 Å². The van der Waals surface area contributed by atoms with Crippen molar-refractivity contribution >= 4 is 17.7 Å². The molecule has 0 heterocycles. The topological polar surface area (TPSA) is 55.1 Å². The second-order valence-corrected chi connectivity index (χ2v) is 7.88. The van der Waals surface area contributed by atoms with Crippen molar-refractivity contribution in [2.75, 3.05) is 0 Å². The summed E-state index contributed by atoms with van der Waals surface area (Å²) in [7, 11) is 0. The average Bonchev–Trinajstić information content (AvgIpc) is 2.54. The lowest BCUT2D eigenvalue weighted by Crippen LogP contribution is -2.40. The van der Waals surface area contributed by atoms with Gasteiger partial charge in [0.05, 0.1) is 0 Å². The van der Waals surface area contributed by atoms with Gasteiger partial charge in [-0.05, 0) is 61.8 Å². The van der Waals surface area contributed by atoms with Crippen molar-refractivity contribution < 1.29 is 13.6 Å². The molecule has 0 aromatic heterocycles. The number of fused-ring (bicyclic) bond motifs is 1. The van der Waals surface area contributed by atoms with E-state index in [1.807, 2.05) is 12.1 Å². The molecule has 132 valence electrons. The van der Waals surface area contributed by atoms with Gasteiger partial charge in [0.25, 0.3) is 5.76 Å². The number of carbonyl (C=O) groups is 1. The highest BCUT2D eigenvalue weighted by atomic mass is 32.2. The molecule has 3 rings (SSSR count). The van der Waals surface area contributed by atoms with Gasteiger partial charge in [0, 0.05) is 22.9 Å². The molecule has 3 atom stereocenters. The molecule has 1 saturated carbocycles. The van der Waals surface area contributed by atoms with Crippen LogP contribution in [0.15, 0.2) is 23.1 Å². The van der Waals surface area contributed by atoms with E-state index in [2.05, 4.69) is 5.32 Å². The van der Waals surface area contributed by atoms with E-state index < -0.39 is 5.76 Å². The zero-order valence-corrected chi connectivity index (χ0v) is 14.5. The fourth-order valence-corrected chi connectivity index (χ4v) is 4.59. The van der Waals surface area contributed by atoms with Crippen molar-refractivity contribution in [3.8, 4) is 0 Å². The summed E-state index contributed by atoms with van der Waals surface area (Å²) in [5.74, 6) is -2.60. The fourth-order valence-electron chi connectivity index (χ4n) is 4.02. The molecule has 1 aromatic carbocycles. The molecular weight excluding hydrogens is 330 g/mol. The number of rotatable bonds is 5. The second kappa shape index (κ2) is 7.83. The van der Waals surface area contributed by atoms with Crippen LogP contribution in [0.25, 0.3) is 0 Å². The monoisotopic (exact) mass is 354 g/mol. The van der Waals surface area contributed by atoms with E-state index in [0.717, 1.165) is 44.9 Å². The second-order valence-electron chi connectivity index (χ2n) is 6.81. The lowest BCUT2D eigenvalue weighted by molar-refractivity contribution is -0.123. The van der Waals surface area contributed by atoms with Crippen LogP contribution < -0.4 is 11.1 Å². The SMILES string of the molecule is NC(=O)[C@@H]1CCC[C@@H](N[C@H]2CCCc3cc(SC(F)F)ccc32)C1. The van der Waals surface area contributed by atoms with Gasteiger partial charge in [-0.3, -0.25) is 4.79 Å². The minimum absolute atomic E-state index is 0.0240. The summed E-state index contributed by atoms with van der Waals surface area (Å²) in [6.45, 7) is 0. The molecule has 0 saturated heterocycles. The standard InChI is InChI=1S/C18H24F2N2OS/c19-18(20)24-14-7-8-15-11(10-14)3-2-6-16(15)22-13-5-1-4-12(9-13)17(21)23/h7-8,10,12-13,16,18,22H,1-6,9H2,(H2,21,23)/t12-,13-,16+/m1/s1.